The predicted molar refractivity (Wildman–Crippen MR) is 85.9 cm³/mol. The predicted octanol–water partition coefficient (Wildman–Crippen LogP) is 2.85. The number of amides is 1. The van der Waals surface area contributed by atoms with Crippen molar-refractivity contribution >= 4 is 28.5 Å². The summed E-state index contributed by atoms with van der Waals surface area (Å²) >= 11 is 5.99. The van der Waals surface area contributed by atoms with Crippen molar-refractivity contribution in [2.24, 2.45) is 0 Å². The molecular formula is C16H20ClN3O2. The largest absolute Gasteiger partial charge is 0.381 e. The summed E-state index contributed by atoms with van der Waals surface area (Å²) in [5.74, 6) is 0.151. The fourth-order valence-electron chi connectivity index (χ4n) is 2.83. The lowest BCUT2D eigenvalue weighted by atomic mass is 10.2. The van der Waals surface area contributed by atoms with Gasteiger partial charge in [-0.1, -0.05) is 18.5 Å². The lowest BCUT2D eigenvalue weighted by molar-refractivity contribution is -0.133. The molecule has 2 aromatic heterocycles. The summed E-state index contributed by atoms with van der Waals surface area (Å²) in [5.41, 5.74) is 2.05. The number of carbonyl (C=O) groups excluding carboxylic acids is 1. The van der Waals surface area contributed by atoms with Crippen LogP contribution in [0.1, 0.15) is 25.5 Å². The quantitative estimate of drug-likeness (QED) is 0.796. The molecule has 0 unspecified atom stereocenters. The molecule has 0 saturated heterocycles. The summed E-state index contributed by atoms with van der Waals surface area (Å²) in [6.07, 6.45) is 3.09. The first-order chi connectivity index (χ1) is 10.7. The van der Waals surface area contributed by atoms with Crippen molar-refractivity contribution in [3.8, 4) is 0 Å². The summed E-state index contributed by atoms with van der Waals surface area (Å²) in [6.45, 7) is 5.39. The van der Waals surface area contributed by atoms with Crippen LogP contribution in [0, 0.1) is 0 Å². The molecule has 0 radical (unpaired) electrons. The molecule has 0 N–H and O–H groups in total. The van der Waals surface area contributed by atoms with Gasteiger partial charge in [-0.05, 0) is 18.6 Å². The first kappa shape index (κ1) is 15.3. The first-order valence-corrected chi connectivity index (χ1v) is 8.06. The lowest BCUT2D eigenvalue weighted by Crippen LogP contribution is -2.38. The number of fused-ring (bicyclic) bond motifs is 3. The van der Waals surface area contributed by atoms with Crippen molar-refractivity contribution in [1.82, 2.24) is 14.5 Å². The molecule has 0 aromatic carbocycles. The molecule has 118 valence electrons. The van der Waals surface area contributed by atoms with Gasteiger partial charge in [-0.3, -0.25) is 4.79 Å². The van der Waals surface area contributed by atoms with Gasteiger partial charge in [-0.2, -0.15) is 0 Å². The summed E-state index contributed by atoms with van der Waals surface area (Å²) < 4.78 is 7.57. The van der Waals surface area contributed by atoms with Gasteiger partial charge >= 0.3 is 0 Å². The minimum Gasteiger partial charge on any atom is -0.381 e. The third kappa shape index (κ3) is 3.10. The lowest BCUT2D eigenvalue weighted by Gasteiger charge is -2.28. The van der Waals surface area contributed by atoms with Gasteiger partial charge in [-0.25, -0.2) is 4.98 Å². The van der Waals surface area contributed by atoms with Crippen molar-refractivity contribution < 1.29 is 9.53 Å². The van der Waals surface area contributed by atoms with Gasteiger partial charge in [0.15, 0.2) is 0 Å². The number of halogens is 1. The minimum absolute atomic E-state index is 0.151. The highest BCUT2D eigenvalue weighted by Crippen LogP contribution is 2.25. The van der Waals surface area contributed by atoms with Gasteiger partial charge in [0, 0.05) is 37.0 Å². The van der Waals surface area contributed by atoms with E-state index in [1.807, 2.05) is 11.0 Å². The van der Waals surface area contributed by atoms with Gasteiger partial charge in [0.2, 0.25) is 5.91 Å². The molecule has 0 atom stereocenters. The maximum Gasteiger partial charge on any atom is 0.225 e. The molecule has 1 aliphatic heterocycles. The van der Waals surface area contributed by atoms with E-state index >= 15 is 0 Å². The molecule has 1 aliphatic rings. The van der Waals surface area contributed by atoms with E-state index in [4.69, 9.17) is 16.3 Å². The molecule has 3 rings (SSSR count). The summed E-state index contributed by atoms with van der Waals surface area (Å²) in [5, 5.41) is 1.67. The molecule has 0 saturated carbocycles. The van der Waals surface area contributed by atoms with Crippen LogP contribution in [0.25, 0.3) is 11.0 Å². The Bertz CT molecular complexity index is 683. The highest BCUT2D eigenvalue weighted by Gasteiger charge is 2.22. The molecule has 22 heavy (non-hydrogen) atoms. The molecule has 0 bridgehead atoms. The molecule has 3 heterocycles. The van der Waals surface area contributed by atoms with Gasteiger partial charge < -0.3 is 14.2 Å². The van der Waals surface area contributed by atoms with E-state index in [9.17, 15) is 4.79 Å². The Labute approximate surface area is 134 Å². The van der Waals surface area contributed by atoms with Gasteiger partial charge in [0.1, 0.15) is 5.65 Å². The van der Waals surface area contributed by atoms with Crippen LogP contribution < -0.4 is 0 Å². The number of pyridine rings is 1. The van der Waals surface area contributed by atoms with Crippen LogP contribution in [-0.4, -0.2) is 40.1 Å². The van der Waals surface area contributed by atoms with E-state index < -0.39 is 0 Å². The third-order valence-corrected chi connectivity index (χ3v) is 4.10. The normalized spacial score (nSPS) is 14.4. The number of aromatic nitrogens is 2. The van der Waals surface area contributed by atoms with E-state index in [0.29, 0.717) is 37.7 Å². The smallest absolute Gasteiger partial charge is 0.225 e. The SMILES string of the molecule is CCCOCCC(=O)N1CCn2c(cc3cc(Cl)cnc32)C1. The average molecular weight is 322 g/mol. The Hall–Kier alpha value is -1.59. The molecule has 0 fully saturated rings. The Morgan fingerprint density at radius 2 is 2.23 bits per heavy atom. The highest BCUT2D eigenvalue weighted by atomic mass is 35.5. The van der Waals surface area contributed by atoms with Crippen LogP contribution in [0.3, 0.4) is 0 Å². The van der Waals surface area contributed by atoms with Gasteiger partial charge in [0.05, 0.1) is 24.6 Å². The van der Waals surface area contributed by atoms with E-state index in [-0.39, 0.29) is 5.91 Å². The molecule has 0 aliphatic carbocycles. The van der Waals surface area contributed by atoms with Crippen molar-refractivity contribution in [2.45, 2.75) is 32.9 Å². The van der Waals surface area contributed by atoms with E-state index in [0.717, 1.165) is 29.7 Å². The van der Waals surface area contributed by atoms with E-state index in [1.165, 1.54) is 0 Å². The molecule has 6 heteroatoms. The van der Waals surface area contributed by atoms with Crippen LogP contribution in [-0.2, 0) is 22.6 Å². The summed E-state index contributed by atoms with van der Waals surface area (Å²) in [4.78, 5) is 18.5. The zero-order valence-electron chi connectivity index (χ0n) is 12.7. The van der Waals surface area contributed by atoms with Crippen LogP contribution in [0.5, 0.6) is 0 Å². The number of hydrogen-bond donors (Lipinski definition) is 0. The Morgan fingerprint density at radius 3 is 3.05 bits per heavy atom. The minimum atomic E-state index is 0.151. The zero-order chi connectivity index (χ0) is 15.5. The third-order valence-electron chi connectivity index (χ3n) is 3.89. The number of ether oxygens (including phenoxy) is 1. The Kier molecular flexibility index (Phi) is 4.64. The first-order valence-electron chi connectivity index (χ1n) is 7.68. The fourth-order valence-corrected chi connectivity index (χ4v) is 2.99. The number of rotatable bonds is 5. The van der Waals surface area contributed by atoms with Crippen molar-refractivity contribution in [2.75, 3.05) is 19.8 Å². The van der Waals surface area contributed by atoms with Crippen LogP contribution in [0.15, 0.2) is 18.3 Å². The topological polar surface area (TPSA) is 47.4 Å². The summed E-state index contributed by atoms with van der Waals surface area (Å²) in [6, 6.07) is 3.99. The molecular weight excluding hydrogens is 302 g/mol. The number of hydrogen-bond acceptors (Lipinski definition) is 3. The standard InChI is InChI=1S/C16H20ClN3O2/c1-2-6-22-7-3-15(21)19-4-5-20-14(11-19)9-12-8-13(17)10-18-16(12)20/h8-10H,2-7,11H2,1H3. The average Bonchev–Trinajstić information content (AvgIpc) is 2.87. The van der Waals surface area contributed by atoms with Crippen LogP contribution in [0.4, 0.5) is 0 Å². The fraction of sp³-hybridized carbons (Fsp3) is 0.500. The van der Waals surface area contributed by atoms with E-state index in [1.54, 1.807) is 6.20 Å². The van der Waals surface area contributed by atoms with Crippen molar-refractivity contribution in [3.05, 3.63) is 29.0 Å². The van der Waals surface area contributed by atoms with Gasteiger partial charge in [0.25, 0.3) is 0 Å². The second-order valence-electron chi connectivity index (χ2n) is 5.53. The molecule has 1 amide bonds. The Balaban J connectivity index is 1.68. The second kappa shape index (κ2) is 6.67. The van der Waals surface area contributed by atoms with Crippen LogP contribution in [0.2, 0.25) is 5.02 Å². The molecule has 5 nitrogen and oxygen atoms in total. The molecule has 0 spiro atoms. The second-order valence-corrected chi connectivity index (χ2v) is 5.97. The summed E-state index contributed by atoms with van der Waals surface area (Å²) in [7, 11) is 0. The van der Waals surface area contributed by atoms with Crippen molar-refractivity contribution in [1.29, 1.82) is 0 Å². The molecule has 2 aromatic rings. The highest BCUT2D eigenvalue weighted by molar-refractivity contribution is 6.31. The number of carbonyl (C=O) groups is 1. The van der Waals surface area contributed by atoms with Crippen molar-refractivity contribution in [3.63, 3.8) is 0 Å². The monoisotopic (exact) mass is 321 g/mol. The van der Waals surface area contributed by atoms with E-state index in [2.05, 4.69) is 22.5 Å². The van der Waals surface area contributed by atoms with Gasteiger partial charge in [-0.15, -0.1) is 0 Å². The maximum atomic E-state index is 12.2. The Morgan fingerprint density at radius 1 is 1.36 bits per heavy atom. The maximum absolute atomic E-state index is 12.2. The zero-order valence-corrected chi connectivity index (χ0v) is 13.5. The van der Waals surface area contributed by atoms with Crippen LogP contribution >= 0.6 is 11.6 Å². The number of nitrogens with zero attached hydrogens (tertiary/aromatic N) is 3.